The quantitative estimate of drug-likeness (QED) is 0.727. The van der Waals surface area contributed by atoms with Crippen LogP contribution in [0, 0.1) is 12.8 Å². The van der Waals surface area contributed by atoms with Gasteiger partial charge in [0.2, 0.25) is 5.91 Å². The van der Waals surface area contributed by atoms with Crippen molar-refractivity contribution >= 4 is 24.0 Å². The number of carbonyl (C=O) groups excluding carboxylic acids is 1. The summed E-state index contributed by atoms with van der Waals surface area (Å²) in [6.45, 7) is 5.64. The predicted octanol–water partition coefficient (Wildman–Crippen LogP) is 2.04. The van der Waals surface area contributed by atoms with Crippen LogP contribution in [-0.4, -0.2) is 17.1 Å². The van der Waals surface area contributed by atoms with Crippen LogP contribution >= 0.6 is 12.4 Å². The Bertz CT molecular complexity index is 394. The standard InChI is InChI=1S/C12H18N2O2.ClH/c1-7(2)11(13)12(16)14-9-6-8(3)4-5-10(9)15;/h4-7,11,15H,13H2,1-3H3,(H,14,16);1H/t11-;/m0./s1. The van der Waals surface area contributed by atoms with Crippen LogP contribution in [0.3, 0.4) is 0 Å². The number of rotatable bonds is 3. The Labute approximate surface area is 108 Å². The topological polar surface area (TPSA) is 75.3 Å². The minimum absolute atomic E-state index is 0. The summed E-state index contributed by atoms with van der Waals surface area (Å²) in [5, 5.41) is 12.2. The van der Waals surface area contributed by atoms with Crippen LogP contribution in [0.2, 0.25) is 0 Å². The molecule has 0 unspecified atom stereocenters. The SMILES string of the molecule is Cc1ccc(O)c(NC(=O)[C@@H](N)C(C)C)c1.Cl. The van der Waals surface area contributed by atoms with Gasteiger partial charge in [0.05, 0.1) is 11.7 Å². The van der Waals surface area contributed by atoms with Crippen molar-refractivity contribution in [3.63, 3.8) is 0 Å². The van der Waals surface area contributed by atoms with Crippen LogP contribution in [0.15, 0.2) is 18.2 Å². The van der Waals surface area contributed by atoms with Gasteiger partial charge in [0.25, 0.3) is 0 Å². The fourth-order valence-corrected chi connectivity index (χ4v) is 1.27. The van der Waals surface area contributed by atoms with Crippen LogP contribution in [0.4, 0.5) is 5.69 Å². The van der Waals surface area contributed by atoms with E-state index in [0.717, 1.165) is 5.56 Å². The summed E-state index contributed by atoms with van der Waals surface area (Å²) >= 11 is 0. The predicted molar refractivity (Wildman–Crippen MR) is 71.5 cm³/mol. The second-order valence-corrected chi connectivity index (χ2v) is 4.28. The Morgan fingerprint density at radius 2 is 2.00 bits per heavy atom. The number of halogens is 1. The first-order valence-corrected chi connectivity index (χ1v) is 5.28. The van der Waals surface area contributed by atoms with Gasteiger partial charge in [0, 0.05) is 0 Å². The number of benzene rings is 1. The van der Waals surface area contributed by atoms with Gasteiger partial charge < -0.3 is 16.2 Å². The Morgan fingerprint density at radius 1 is 1.41 bits per heavy atom. The minimum Gasteiger partial charge on any atom is -0.506 e. The van der Waals surface area contributed by atoms with Gasteiger partial charge in [-0.1, -0.05) is 19.9 Å². The fourth-order valence-electron chi connectivity index (χ4n) is 1.27. The van der Waals surface area contributed by atoms with E-state index in [-0.39, 0.29) is 30.0 Å². The summed E-state index contributed by atoms with van der Waals surface area (Å²) in [7, 11) is 0. The molecule has 0 aromatic heterocycles. The van der Waals surface area contributed by atoms with Crippen molar-refractivity contribution in [1.82, 2.24) is 0 Å². The van der Waals surface area contributed by atoms with Gasteiger partial charge in [-0.2, -0.15) is 0 Å². The van der Waals surface area contributed by atoms with E-state index in [1.54, 1.807) is 18.2 Å². The van der Waals surface area contributed by atoms with E-state index >= 15 is 0 Å². The van der Waals surface area contributed by atoms with Crippen LogP contribution in [0.1, 0.15) is 19.4 Å². The summed E-state index contributed by atoms with van der Waals surface area (Å²) < 4.78 is 0. The average molecular weight is 259 g/mol. The van der Waals surface area contributed by atoms with Crippen molar-refractivity contribution in [2.24, 2.45) is 11.7 Å². The van der Waals surface area contributed by atoms with Gasteiger partial charge in [-0.05, 0) is 30.5 Å². The Morgan fingerprint density at radius 3 is 2.53 bits per heavy atom. The van der Waals surface area contributed by atoms with Gasteiger partial charge in [-0.25, -0.2) is 0 Å². The van der Waals surface area contributed by atoms with Crippen LogP contribution in [0.25, 0.3) is 0 Å². The summed E-state index contributed by atoms with van der Waals surface area (Å²) in [6.07, 6.45) is 0. The van der Waals surface area contributed by atoms with Crippen LogP contribution < -0.4 is 11.1 Å². The van der Waals surface area contributed by atoms with E-state index in [9.17, 15) is 9.90 Å². The zero-order chi connectivity index (χ0) is 12.3. The molecule has 5 heteroatoms. The minimum atomic E-state index is -0.570. The highest BCUT2D eigenvalue weighted by atomic mass is 35.5. The molecule has 1 amide bonds. The van der Waals surface area contributed by atoms with Crippen molar-refractivity contribution in [3.8, 4) is 5.75 Å². The maximum atomic E-state index is 11.7. The number of carbonyl (C=O) groups is 1. The molecule has 0 aliphatic heterocycles. The highest BCUT2D eigenvalue weighted by Crippen LogP contribution is 2.24. The molecule has 4 nitrogen and oxygen atoms in total. The van der Waals surface area contributed by atoms with Crippen LogP contribution in [-0.2, 0) is 4.79 Å². The third-order valence-corrected chi connectivity index (χ3v) is 2.43. The Kier molecular flexibility index (Phi) is 5.99. The first-order valence-electron chi connectivity index (χ1n) is 5.28. The molecule has 0 saturated carbocycles. The lowest BCUT2D eigenvalue weighted by Crippen LogP contribution is -2.39. The third kappa shape index (κ3) is 4.24. The lowest BCUT2D eigenvalue weighted by molar-refractivity contribution is -0.118. The van der Waals surface area contributed by atoms with E-state index in [0.29, 0.717) is 5.69 Å². The average Bonchev–Trinajstić information content (AvgIpc) is 2.22. The van der Waals surface area contributed by atoms with Crippen molar-refractivity contribution in [2.45, 2.75) is 26.8 Å². The highest BCUT2D eigenvalue weighted by molar-refractivity contribution is 5.96. The molecule has 0 radical (unpaired) electrons. The molecular weight excluding hydrogens is 240 g/mol. The maximum absolute atomic E-state index is 11.7. The fraction of sp³-hybridized carbons (Fsp3) is 0.417. The summed E-state index contributed by atoms with van der Waals surface area (Å²) in [6, 6.07) is 4.46. The number of nitrogens with two attached hydrogens (primary N) is 1. The van der Waals surface area contributed by atoms with E-state index in [4.69, 9.17) is 5.73 Å². The molecule has 1 atom stereocenters. The molecule has 0 aliphatic carbocycles. The molecule has 0 aliphatic rings. The number of aromatic hydroxyl groups is 1. The lowest BCUT2D eigenvalue weighted by Gasteiger charge is -2.16. The van der Waals surface area contributed by atoms with E-state index in [1.807, 2.05) is 20.8 Å². The number of anilines is 1. The molecular formula is C12H19ClN2O2. The summed E-state index contributed by atoms with van der Waals surface area (Å²) in [5.41, 5.74) is 7.07. The zero-order valence-corrected chi connectivity index (χ0v) is 11.0. The van der Waals surface area contributed by atoms with Crippen molar-refractivity contribution in [1.29, 1.82) is 0 Å². The number of hydrogen-bond donors (Lipinski definition) is 3. The molecule has 17 heavy (non-hydrogen) atoms. The number of aryl methyl sites for hydroxylation is 1. The van der Waals surface area contributed by atoms with Gasteiger partial charge in [-0.15, -0.1) is 12.4 Å². The molecule has 0 saturated heterocycles. The smallest absolute Gasteiger partial charge is 0.241 e. The van der Waals surface area contributed by atoms with Crippen molar-refractivity contribution in [2.75, 3.05) is 5.32 Å². The third-order valence-electron chi connectivity index (χ3n) is 2.43. The molecule has 0 heterocycles. The molecule has 1 aromatic rings. The summed E-state index contributed by atoms with van der Waals surface area (Å²) in [5.74, 6) is -0.169. The van der Waals surface area contributed by atoms with Crippen LogP contribution in [0.5, 0.6) is 5.75 Å². The van der Waals surface area contributed by atoms with Gasteiger partial charge in [0.1, 0.15) is 5.75 Å². The monoisotopic (exact) mass is 258 g/mol. The zero-order valence-electron chi connectivity index (χ0n) is 10.2. The number of amides is 1. The number of hydrogen-bond acceptors (Lipinski definition) is 3. The molecule has 4 N–H and O–H groups in total. The van der Waals surface area contributed by atoms with E-state index < -0.39 is 6.04 Å². The molecule has 0 bridgehead atoms. The number of phenolic OH excluding ortho intramolecular Hbond substituents is 1. The van der Waals surface area contributed by atoms with E-state index in [2.05, 4.69) is 5.32 Å². The highest BCUT2D eigenvalue weighted by Gasteiger charge is 2.18. The van der Waals surface area contributed by atoms with Gasteiger partial charge in [0.15, 0.2) is 0 Å². The van der Waals surface area contributed by atoms with Crippen molar-refractivity contribution < 1.29 is 9.90 Å². The molecule has 1 aromatic carbocycles. The number of nitrogens with one attached hydrogen (secondary N) is 1. The molecule has 0 fully saturated rings. The van der Waals surface area contributed by atoms with Gasteiger partial charge in [-0.3, -0.25) is 4.79 Å². The van der Waals surface area contributed by atoms with E-state index in [1.165, 1.54) is 0 Å². The summed E-state index contributed by atoms with van der Waals surface area (Å²) in [4.78, 5) is 11.7. The lowest BCUT2D eigenvalue weighted by atomic mass is 10.0. The molecule has 96 valence electrons. The molecule has 1 rings (SSSR count). The number of phenols is 1. The van der Waals surface area contributed by atoms with Gasteiger partial charge >= 0.3 is 0 Å². The molecule has 0 spiro atoms. The second-order valence-electron chi connectivity index (χ2n) is 4.28. The first-order chi connectivity index (χ1) is 7.41. The first kappa shape index (κ1) is 15.7. The Balaban J connectivity index is 0.00000256. The Hall–Kier alpha value is -1.26. The normalized spacial score (nSPS) is 11.8. The van der Waals surface area contributed by atoms with Crippen molar-refractivity contribution in [3.05, 3.63) is 23.8 Å². The largest absolute Gasteiger partial charge is 0.506 e. The maximum Gasteiger partial charge on any atom is 0.241 e. The second kappa shape index (κ2) is 6.47.